The molecule has 148 valence electrons. The first-order valence-corrected chi connectivity index (χ1v) is 10.8. The lowest BCUT2D eigenvalue weighted by atomic mass is 10.1. The number of anilines is 1. The third kappa shape index (κ3) is 4.46. The number of methoxy groups -OCH3 is 1. The molecule has 1 aromatic heterocycles. The highest BCUT2D eigenvalue weighted by Gasteiger charge is 2.15. The highest BCUT2D eigenvalue weighted by atomic mass is 32.2. The number of aromatic nitrogens is 2. The second-order valence-electron chi connectivity index (χ2n) is 6.22. The highest BCUT2D eigenvalue weighted by molar-refractivity contribution is 7.99. The topological polar surface area (TPSA) is 127 Å². The standard InChI is InChI=1S/C18H20N4O4S2/c1-10-6-13(28(19,24)25)8-15(11(10)2)20-17(23)9-27-18-21-14-5-4-12(26-3)7-16(14)22-18/h4-8H,9H2,1-3H3,(H,20,23)(H,21,22)(H2,19,24,25). The number of hydrogen-bond donors (Lipinski definition) is 3. The van der Waals surface area contributed by atoms with E-state index in [9.17, 15) is 13.2 Å². The fourth-order valence-corrected chi connectivity index (χ4v) is 3.91. The second kappa shape index (κ2) is 7.82. The zero-order valence-corrected chi connectivity index (χ0v) is 17.2. The van der Waals surface area contributed by atoms with Crippen LogP contribution >= 0.6 is 11.8 Å². The van der Waals surface area contributed by atoms with Crippen molar-refractivity contribution in [3.63, 3.8) is 0 Å². The van der Waals surface area contributed by atoms with Crippen molar-refractivity contribution in [2.45, 2.75) is 23.9 Å². The molecule has 1 amide bonds. The molecule has 0 radical (unpaired) electrons. The summed E-state index contributed by atoms with van der Waals surface area (Å²) in [5.74, 6) is 0.540. The van der Waals surface area contributed by atoms with Gasteiger partial charge in [-0.15, -0.1) is 0 Å². The number of carbonyl (C=O) groups is 1. The number of hydrogen-bond acceptors (Lipinski definition) is 6. The fourth-order valence-electron chi connectivity index (χ4n) is 2.60. The molecule has 0 saturated heterocycles. The number of ether oxygens (including phenoxy) is 1. The molecule has 0 atom stereocenters. The molecule has 3 aromatic rings. The van der Waals surface area contributed by atoms with Gasteiger partial charge in [0.25, 0.3) is 0 Å². The predicted molar refractivity (Wildman–Crippen MR) is 109 cm³/mol. The Hall–Kier alpha value is -2.56. The van der Waals surface area contributed by atoms with Crippen molar-refractivity contribution in [1.29, 1.82) is 0 Å². The molecule has 1 heterocycles. The van der Waals surface area contributed by atoms with Gasteiger partial charge in [0.2, 0.25) is 15.9 Å². The third-order valence-electron chi connectivity index (χ3n) is 4.25. The second-order valence-corrected chi connectivity index (χ2v) is 8.75. The molecule has 0 spiro atoms. The number of nitrogens with one attached hydrogen (secondary N) is 2. The minimum atomic E-state index is -3.86. The van der Waals surface area contributed by atoms with Crippen molar-refractivity contribution >= 4 is 44.4 Å². The van der Waals surface area contributed by atoms with Gasteiger partial charge in [0.05, 0.1) is 28.8 Å². The van der Waals surface area contributed by atoms with Crippen molar-refractivity contribution < 1.29 is 17.9 Å². The van der Waals surface area contributed by atoms with Gasteiger partial charge in [-0.05, 0) is 49.2 Å². The van der Waals surface area contributed by atoms with Crippen molar-refractivity contribution in [3.8, 4) is 5.75 Å². The summed E-state index contributed by atoms with van der Waals surface area (Å²) in [6.45, 7) is 3.56. The number of carbonyl (C=O) groups excluding carboxylic acids is 1. The average Bonchev–Trinajstić information content (AvgIpc) is 3.04. The van der Waals surface area contributed by atoms with Gasteiger partial charge in [-0.1, -0.05) is 11.8 Å². The molecule has 0 bridgehead atoms. The number of fused-ring (bicyclic) bond motifs is 1. The number of sulfonamides is 1. The molecule has 0 aliphatic carbocycles. The summed E-state index contributed by atoms with van der Waals surface area (Å²) in [5, 5.41) is 8.55. The normalized spacial score (nSPS) is 11.6. The number of amides is 1. The summed E-state index contributed by atoms with van der Waals surface area (Å²) in [4.78, 5) is 19.9. The summed E-state index contributed by atoms with van der Waals surface area (Å²) in [5.41, 5.74) is 3.51. The molecule has 28 heavy (non-hydrogen) atoms. The number of aromatic amines is 1. The number of rotatable bonds is 6. The molecule has 0 saturated carbocycles. The predicted octanol–water partition coefficient (Wildman–Crippen LogP) is 2.57. The first-order valence-electron chi connectivity index (χ1n) is 8.28. The fraction of sp³-hybridized carbons (Fsp3) is 0.222. The van der Waals surface area contributed by atoms with E-state index in [0.29, 0.717) is 16.6 Å². The van der Waals surface area contributed by atoms with Crippen LogP contribution in [-0.4, -0.2) is 37.2 Å². The number of thioether (sulfide) groups is 1. The van der Waals surface area contributed by atoms with Crippen molar-refractivity contribution in [3.05, 3.63) is 41.5 Å². The van der Waals surface area contributed by atoms with Gasteiger partial charge < -0.3 is 15.0 Å². The van der Waals surface area contributed by atoms with E-state index in [-0.39, 0.29) is 16.6 Å². The van der Waals surface area contributed by atoms with E-state index >= 15 is 0 Å². The number of H-pyrrole nitrogens is 1. The molecular weight excluding hydrogens is 400 g/mol. The highest BCUT2D eigenvalue weighted by Crippen LogP contribution is 2.25. The third-order valence-corrected chi connectivity index (χ3v) is 6.02. The summed E-state index contributed by atoms with van der Waals surface area (Å²) >= 11 is 1.24. The van der Waals surface area contributed by atoms with E-state index in [1.165, 1.54) is 23.9 Å². The van der Waals surface area contributed by atoms with Crippen molar-refractivity contribution in [2.24, 2.45) is 5.14 Å². The Morgan fingerprint density at radius 3 is 2.71 bits per heavy atom. The lowest BCUT2D eigenvalue weighted by Gasteiger charge is -2.12. The largest absolute Gasteiger partial charge is 0.497 e. The molecule has 0 unspecified atom stereocenters. The molecular formula is C18H20N4O4S2. The van der Waals surface area contributed by atoms with E-state index < -0.39 is 10.0 Å². The number of aryl methyl sites for hydroxylation is 1. The lowest BCUT2D eigenvalue weighted by molar-refractivity contribution is -0.113. The molecule has 3 rings (SSSR count). The van der Waals surface area contributed by atoms with Crippen LogP contribution in [0.2, 0.25) is 0 Å². The van der Waals surface area contributed by atoms with Crippen LogP contribution in [0.15, 0.2) is 40.4 Å². The molecule has 0 aliphatic rings. The Bertz CT molecular complexity index is 1160. The Morgan fingerprint density at radius 2 is 2.04 bits per heavy atom. The van der Waals surface area contributed by atoms with Gasteiger partial charge >= 0.3 is 0 Å². The number of nitrogens with zero attached hydrogens (tertiary/aromatic N) is 1. The first-order chi connectivity index (χ1) is 13.2. The molecule has 4 N–H and O–H groups in total. The molecule has 8 nitrogen and oxygen atoms in total. The van der Waals surface area contributed by atoms with Crippen LogP contribution in [0.5, 0.6) is 5.75 Å². The maximum absolute atomic E-state index is 12.4. The van der Waals surface area contributed by atoms with E-state index in [1.807, 2.05) is 18.2 Å². The molecule has 0 fully saturated rings. The van der Waals surface area contributed by atoms with Gasteiger partial charge in [-0.2, -0.15) is 0 Å². The molecule has 2 aromatic carbocycles. The minimum Gasteiger partial charge on any atom is -0.497 e. The van der Waals surface area contributed by atoms with Crippen LogP contribution in [0.1, 0.15) is 11.1 Å². The number of benzene rings is 2. The number of imidazole rings is 1. The minimum absolute atomic E-state index is 0.0372. The van der Waals surface area contributed by atoms with Crippen LogP contribution in [0.25, 0.3) is 11.0 Å². The summed E-state index contributed by atoms with van der Waals surface area (Å²) < 4.78 is 28.4. The van der Waals surface area contributed by atoms with Crippen LogP contribution in [0, 0.1) is 13.8 Å². The van der Waals surface area contributed by atoms with E-state index in [2.05, 4.69) is 15.3 Å². The summed E-state index contributed by atoms with van der Waals surface area (Å²) in [6, 6.07) is 8.33. The van der Waals surface area contributed by atoms with E-state index in [4.69, 9.17) is 9.88 Å². The van der Waals surface area contributed by atoms with Gasteiger partial charge in [0.1, 0.15) is 5.75 Å². The van der Waals surface area contributed by atoms with E-state index in [0.717, 1.165) is 22.2 Å². The van der Waals surface area contributed by atoms with Crippen LogP contribution < -0.4 is 15.2 Å². The average molecular weight is 421 g/mol. The Balaban J connectivity index is 1.72. The smallest absolute Gasteiger partial charge is 0.238 e. The van der Waals surface area contributed by atoms with E-state index in [1.54, 1.807) is 21.0 Å². The maximum atomic E-state index is 12.4. The van der Waals surface area contributed by atoms with Crippen molar-refractivity contribution in [1.82, 2.24) is 9.97 Å². The van der Waals surface area contributed by atoms with Crippen molar-refractivity contribution in [2.75, 3.05) is 18.2 Å². The van der Waals surface area contributed by atoms with Gasteiger partial charge in [0, 0.05) is 11.8 Å². The molecule has 0 aliphatic heterocycles. The Kier molecular flexibility index (Phi) is 5.64. The van der Waals surface area contributed by atoms with Crippen LogP contribution in [0.3, 0.4) is 0 Å². The molecule has 10 heteroatoms. The SMILES string of the molecule is COc1ccc2nc(SCC(=O)Nc3cc(S(N)(=O)=O)cc(C)c3C)[nH]c2c1. The van der Waals surface area contributed by atoms with Gasteiger partial charge in [-0.25, -0.2) is 18.5 Å². The van der Waals surface area contributed by atoms with Gasteiger partial charge in [0.15, 0.2) is 5.16 Å². The van der Waals surface area contributed by atoms with Crippen LogP contribution in [0.4, 0.5) is 5.69 Å². The first kappa shape index (κ1) is 20.2. The number of primary sulfonamides is 1. The zero-order valence-electron chi connectivity index (χ0n) is 15.6. The Morgan fingerprint density at radius 1 is 1.29 bits per heavy atom. The summed E-state index contributed by atoms with van der Waals surface area (Å²) in [6.07, 6.45) is 0. The Labute approximate surface area is 166 Å². The zero-order chi connectivity index (χ0) is 20.5. The van der Waals surface area contributed by atoms with Crippen LogP contribution in [-0.2, 0) is 14.8 Å². The lowest BCUT2D eigenvalue weighted by Crippen LogP contribution is -2.17. The maximum Gasteiger partial charge on any atom is 0.238 e. The quantitative estimate of drug-likeness (QED) is 0.526. The number of nitrogens with two attached hydrogens (primary N) is 1. The summed E-state index contributed by atoms with van der Waals surface area (Å²) in [7, 11) is -2.27. The van der Waals surface area contributed by atoms with Gasteiger partial charge in [-0.3, -0.25) is 4.79 Å². The monoisotopic (exact) mass is 420 g/mol.